The maximum Gasteiger partial charge on any atom is 0.255 e. The zero-order valence-corrected chi connectivity index (χ0v) is 19.6. The lowest BCUT2D eigenvalue weighted by Gasteiger charge is -2.35. The first-order valence-electron chi connectivity index (χ1n) is 11.2. The van der Waals surface area contributed by atoms with Crippen molar-refractivity contribution >= 4 is 23.2 Å². The molecule has 0 unspecified atom stereocenters. The molecule has 4 heterocycles. The minimum atomic E-state index is -0.722. The number of carbonyl (C=O) groups excluding carboxylic acids is 1. The van der Waals surface area contributed by atoms with Crippen LogP contribution in [-0.2, 0) is 20.7 Å². The summed E-state index contributed by atoms with van der Waals surface area (Å²) in [5.41, 5.74) is 1.13. The summed E-state index contributed by atoms with van der Waals surface area (Å²) in [6.45, 7) is 6.77. The normalized spacial score (nSPS) is 22.7. The Hall–Kier alpha value is -2.20. The summed E-state index contributed by atoms with van der Waals surface area (Å²) >= 11 is 6.36. The molecule has 10 heteroatoms. The van der Waals surface area contributed by atoms with Crippen LogP contribution >= 0.6 is 11.6 Å². The summed E-state index contributed by atoms with van der Waals surface area (Å²) in [6, 6.07) is 1.72. The average Bonchev–Trinajstić information content (AvgIpc) is 2.80. The molecule has 2 aromatic rings. The fourth-order valence-electron chi connectivity index (χ4n) is 4.11. The number of nitrogens with zero attached hydrogens (tertiary/aromatic N) is 3. The van der Waals surface area contributed by atoms with E-state index in [1.54, 1.807) is 6.07 Å². The molecular formula is C23H29ClFN5O3. The molecule has 2 saturated heterocycles. The number of rotatable bonds is 7. The van der Waals surface area contributed by atoms with Gasteiger partial charge in [0.25, 0.3) is 5.95 Å². The van der Waals surface area contributed by atoms with Gasteiger partial charge in [-0.25, -0.2) is 9.97 Å². The second-order valence-electron chi connectivity index (χ2n) is 9.13. The summed E-state index contributed by atoms with van der Waals surface area (Å²) in [4.78, 5) is 25.2. The number of ether oxygens (including phenoxy) is 2. The molecule has 0 spiro atoms. The van der Waals surface area contributed by atoms with Gasteiger partial charge in [0, 0.05) is 42.9 Å². The third-order valence-corrected chi connectivity index (χ3v) is 6.06. The lowest BCUT2D eigenvalue weighted by molar-refractivity contribution is -0.177. The molecule has 4 rings (SSSR count). The summed E-state index contributed by atoms with van der Waals surface area (Å²) in [6.07, 6.45) is 4.66. The second kappa shape index (κ2) is 10.4. The maximum atomic E-state index is 14.3. The van der Waals surface area contributed by atoms with E-state index in [2.05, 4.69) is 25.6 Å². The van der Waals surface area contributed by atoms with Crippen LogP contribution in [0.2, 0.25) is 5.02 Å². The minimum absolute atomic E-state index is 0.00161. The molecule has 2 fully saturated rings. The zero-order valence-electron chi connectivity index (χ0n) is 18.9. The Kier molecular flexibility index (Phi) is 7.53. The molecule has 0 bridgehead atoms. The standard InChI is InChI=1S/C23H29ClFN5O3/c1-23(2)13-32-12-16(33-23)9-29-22-21(25)28-11-19(30-22)17-6-15(27-10-18(17)24)7-20(31)14-4-3-5-26-8-14/h6,10-11,14,16,26H,3-5,7-9,12-13H2,1-2H3,(H,29,30)/t14-,16+/m1/s1. The van der Waals surface area contributed by atoms with Crippen molar-refractivity contribution < 1.29 is 18.7 Å². The van der Waals surface area contributed by atoms with Gasteiger partial charge < -0.3 is 20.1 Å². The van der Waals surface area contributed by atoms with Crippen LogP contribution in [0.4, 0.5) is 10.2 Å². The molecule has 33 heavy (non-hydrogen) atoms. The van der Waals surface area contributed by atoms with Gasteiger partial charge in [-0.15, -0.1) is 0 Å². The van der Waals surface area contributed by atoms with E-state index in [1.165, 1.54) is 12.4 Å². The topological polar surface area (TPSA) is 98.3 Å². The molecule has 2 atom stereocenters. The van der Waals surface area contributed by atoms with Crippen LogP contribution in [-0.4, -0.2) is 65.3 Å². The number of Topliss-reactive ketones (excluding diaryl/α,β-unsaturated/α-hetero) is 1. The molecule has 2 aromatic heterocycles. The van der Waals surface area contributed by atoms with Crippen molar-refractivity contribution in [1.29, 1.82) is 0 Å². The van der Waals surface area contributed by atoms with Crippen molar-refractivity contribution in [2.75, 3.05) is 38.2 Å². The first-order valence-corrected chi connectivity index (χ1v) is 11.6. The molecule has 178 valence electrons. The summed E-state index contributed by atoms with van der Waals surface area (Å²) in [5, 5.41) is 6.58. The van der Waals surface area contributed by atoms with Crippen molar-refractivity contribution in [2.24, 2.45) is 5.92 Å². The number of hydrogen-bond donors (Lipinski definition) is 2. The molecule has 0 aromatic carbocycles. The molecule has 0 amide bonds. The first kappa shape index (κ1) is 23.9. The fraction of sp³-hybridized carbons (Fsp3) is 0.565. The van der Waals surface area contributed by atoms with Crippen LogP contribution in [0, 0.1) is 11.9 Å². The average molecular weight is 478 g/mol. The lowest BCUT2D eigenvalue weighted by atomic mass is 9.92. The molecule has 2 N–H and O–H groups in total. The molecule has 0 saturated carbocycles. The third-order valence-electron chi connectivity index (χ3n) is 5.76. The van der Waals surface area contributed by atoms with Gasteiger partial charge in [0.2, 0.25) is 0 Å². The fourth-order valence-corrected chi connectivity index (χ4v) is 4.31. The van der Waals surface area contributed by atoms with E-state index in [-0.39, 0.29) is 30.0 Å². The largest absolute Gasteiger partial charge is 0.376 e. The van der Waals surface area contributed by atoms with Crippen molar-refractivity contribution in [2.45, 2.75) is 44.8 Å². The van der Waals surface area contributed by atoms with E-state index in [0.717, 1.165) is 19.4 Å². The number of hydrogen-bond acceptors (Lipinski definition) is 8. The van der Waals surface area contributed by atoms with Crippen LogP contribution in [0.25, 0.3) is 11.3 Å². The van der Waals surface area contributed by atoms with Crippen molar-refractivity contribution in [3.8, 4) is 11.3 Å². The van der Waals surface area contributed by atoms with E-state index in [0.29, 0.717) is 48.3 Å². The Labute approximate surface area is 197 Å². The molecule has 2 aliphatic heterocycles. The van der Waals surface area contributed by atoms with Gasteiger partial charge in [0.05, 0.1) is 41.8 Å². The van der Waals surface area contributed by atoms with Gasteiger partial charge in [-0.1, -0.05) is 11.6 Å². The zero-order chi connectivity index (χ0) is 23.4. The number of pyridine rings is 1. The number of anilines is 1. The van der Waals surface area contributed by atoms with Crippen LogP contribution in [0.3, 0.4) is 0 Å². The third kappa shape index (κ3) is 6.23. The van der Waals surface area contributed by atoms with Crippen LogP contribution < -0.4 is 10.6 Å². The van der Waals surface area contributed by atoms with Gasteiger partial charge in [-0.05, 0) is 39.3 Å². The summed E-state index contributed by atoms with van der Waals surface area (Å²) < 4.78 is 25.9. The number of halogens is 2. The molecule has 2 aliphatic rings. The SMILES string of the molecule is CC1(C)COC[C@H](CNc2nc(-c3cc(CC(=O)[C@@H]4CCCNC4)ncc3Cl)cnc2F)O1. The Morgan fingerprint density at radius 3 is 2.97 bits per heavy atom. The highest BCUT2D eigenvalue weighted by Gasteiger charge is 2.29. The quantitative estimate of drug-likeness (QED) is 0.628. The second-order valence-corrected chi connectivity index (χ2v) is 9.54. The molecule has 0 radical (unpaired) electrons. The Morgan fingerprint density at radius 1 is 1.36 bits per heavy atom. The highest BCUT2D eigenvalue weighted by Crippen LogP contribution is 2.28. The van der Waals surface area contributed by atoms with E-state index in [4.69, 9.17) is 21.1 Å². The predicted octanol–water partition coefficient (Wildman–Crippen LogP) is 3.05. The van der Waals surface area contributed by atoms with Gasteiger partial charge in [0.1, 0.15) is 5.78 Å². The Balaban J connectivity index is 1.48. The Bertz CT molecular complexity index is 1000. The number of aromatic nitrogens is 3. The van der Waals surface area contributed by atoms with Crippen LogP contribution in [0.15, 0.2) is 18.5 Å². The molecular weight excluding hydrogens is 449 g/mol. The van der Waals surface area contributed by atoms with Crippen molar-refractivity contribution in [1.82, 2.24) is 20.3 Å². The minimum Gasteiger partial charge on any atom is -0.376 e. The lowest BCUT2D eigenvalue weighted by Crippen LogP contribution is -2.45. The number of carbonyl (C=O) groups is 1. The number of piperidine rings is 1. The summed E-state index contributed by atoms with van der Waals surface area (Å²) in [7, 11) is 0. The van der Waals surface area contributed by atoms with Gasteiger partial charge in [-0.3, -0.25) is 9.78 Å². The Morgan fingerprint density at radius 2 is 2.21 bits per heavy atom. The first-order chi connectivity index (χ1) is 15.8. The highest BCUT2D eigenvalue weighted by molar-refractivity contribution is 6.33. The van der Waals surface area contributed by atoms with E-state index < -0.39 is 11.5 Å². The van der Waals surface area contributed by atoms with E-state index in [9.17, 15) is 9.18 Å². The number of ketones is 1. The van der Waals surface area contributed by atoms with Gasteiger partial charge >= 0.3 is 0 Å². The molecule has 0 aliphatic carbocycles. The smallest absolute Gasteiger partial charge is 0.255 e. The van der Waals surface area contributed by atoms with Gasteiger partial charge in [-0.2, -0.15) is 4.39 Å². The van der Waals surface area contributed by atoms with Crippen molar-refractivity contribution in [3.05, 3.63) is 35.1 Å². The monoisotopic (exact) mass is 477 g/mol. The maximum absolute atomic E-state index is 14.3. The number of nitrogens with one attached hydrogen (secondary N) is 2. The van der Waals surface area contributed by atoms with Gasteiger partial charge in [0.15, 0.2) is 5.82 Å². The highest BCUT2D eigenvalue weighted by atomic mass is 35.5. The van der Waals surface area contributed by atoms with Crippen molar-refractivity contribution in [3.63, 3.8) is 0 Å². The predicted molar refractivity (Wildman–Crippen MR) is 123 cm³/mol. The van der Waals surface area contributed by atoms with Crippen LogP contribution in [0.5, 0.6) is 0 Å². The van der Waals surface area contributed by atoms with Crippen LogP contribution in [0.1, 0.15) is 32.4 Å². The molecule has 8 nitrogen and oxygen atoms in total. The summed E-state index contributed by atoms with van der Waals surface area (Å²) in [5.74, 6) is -0.580. The van der Waals surface area contributed by atoms with E-state index >= 15 is 0 Å². The van der Waals surface area contributed by atoms with E-state index in [1.807, 2.05) is 13.8 Å².